The van der Waals surface area contributed by atoms with Crippen molar-refractivity contribution in [3.05, 3.63) is 139 Å². The van der Waals surface area contributed by atoms with Gasteiger partial charge in [-0.3, -0.25) is 9.59 Å². The van der Waals surface area contributed by atoms with E-state index in [1.54, 1.807) is 45.3 Å². The monoisotopic (exact) mass is 1380 g/mol. The summed E-state index contributed by atoms with van der Waals surface area (Å²) >= 11 is 7.00. The summed E-state index contributed by atoms with van der Waals surface area (Å²) in [5.41, 5.74) is 5.40. The van der Waals surface area contributed by atoms with E-state index >= 15 is 9.59 Å². The average Bonchev–Trinajstić information content (AvgIpc) is 1.56. The number of carbonyl (C=O) groups is 2. The number of unbranched alkanes of at least 4 members (excludes halogenated alkanes) is 28. The van der Waals surface area contributed by atoms with Gasteiger partial charge in [0.25, 0.3) is 11.8 Å². The summed E-state index contributed by atoms with van der Waals surface area (Å²) in [6.07, 6.45) is 50.7. The predicted octanol–water partition coefficient (Wildman–Crippen LogP) is 27.1. The maximum absolute atomic E-state index is 15.5. The minimum atomic E-state index is -0.0402. The molecule has 4 aromatic heterocycles. The van der Waals surface area contributed by atoms with Crippen LogP contribution in [0, 0.1) is 25.7 Å². The lowest BCUT2D eigenvalue weighted by atomic mass is 9.94. The first-order chi connectivity index (χ1) is 47.2. The third kappa shape index (κ3) is 25.5. The number of ether oxygens (including phenoxy) is 2. The van der Waals surface area contributed by atoms with Crippen LogP contribution in [-0.2, 0) is 22.4 Å². The highest BCUT2D eigenvalue weighted by Crippen LogP contribution is 2.51. The molecule has 96 heavy (non-hydrogen) atoms. The Hall–Kier alpha value is -4.74. The number of hydrogen-bond donors (Lipinski definition) is 0. The molecule has 2 amide bonds. The van der Waals surface area contributed by atoms with Gasteiger partial charge in [-0.2, -0.15) is 0 Å². The van der Waals surface area contributed by atoms with E-state index in [0.29, 0.717) is 36.1 Å². The Balaban J connectivity index is 0.886. The Morgan fingerprint density at radius 2 is 0.594 bits per heavy atom. The molecule has 0 saturated heterocycles. The van der Waals surface area contributed by atoms with Gasteiger partial charge in [-0.15, -0.1) is 45.3 Å². The van der Waals surface area contributed by atoms with Gasteiger partial charge < -0.3 is 19.3 Å². The van der Waals surface area contributed by atoms with Gasteiger partial charge in [-0.1, -0.05) is 245 Å². The largest absolute Gasteiger partial charge is 0.493 e. The molecule has 6 heterocycles. The van der Waals surface area contributed by atoms with Crippen molar-refractivity contribution in [1.29, 1.82) is 0 Å². The van der Waals surface area contributed by atoms with Crippen molar-refractivity contribution < 1.29 is 19.1 Å². The van der Waals surface area contributed by atoms with Crippen LogP contribution in [-0.4, -0.2) is 47.9 Å². The van der Waals surface area contributed by atoms with Crippen molar-refractivity contribution in [3.8, 4) is 31.0 Å². The summed E-state index contributed by atoms with van der Waals surface area (Å²) in [5, 5.41) is 0. The van der Waals surface area contributed by atoms with Gasteiger partial charge in [0.05, 0.1) is 45.5 Å². The first kappa shape index (κ1) is 77.0. The standard InChI is InChI=1S/C86H124N2O4S4/c1-7-11-15-19-23-25-29-35-45-71(43-33-27-21-17-13-9-3)65-91-73-53-49-69(50-54-73)41-37-31-39-63-87-83(79-61-59-77(95-79)75-57-47-67(5)93-75)81-82(85(87)89)84(80-62-60-78(96-80)76-58-48-68(6)94-76)88(86(81)90)64-40-32-38-42-70-51-55-74(56-52-70)92-66-72(44-34-28-22-18-14-10-4)46-36-30-26-24-20-16-12-8-2/h47-62,71-72H,7-46,63-66H2,1-6H3. The highest BCUT2D eigenvalue weighted by Gasteiger charge is 2.49. The molecule has 2 aliphatic rings. The second kappa shape index (κ2) is 44.4. The molecule has 6 aromatic rings. The van der Waals surface area contributed by atoms with Crippen LogP contribution in [0.25, 0.3) is 30.9 Å². The number of nitrogens with zero attached hydrogens (tertiary/aromatic N) is 2. The molecule has 0 spiro atoms. The molecule has 2 aliphatic heterocycles. The first-order valence-electron chi connectivity index (χ1n) is 39.1. The minimum absolute atomic E-state index is 0.0402. The predicted molar refractivity (Wildman–Crippen MR) is 418 cm³/mol. The summed E-state index contributed by atoms with van der Waals surface area (Å²) < 4.78 is 13.1. The molecule has 0 aliphatic carbocycles. The minimum Gasteiger partial charge on any atom is -0.493 e. The number of thiophene rings is 4. The fourth-order valence-electron chi connectivity index (χ4n) is 14.3. The van der Waals surface area contributed by atoms with E-state index in [9.17, 15) is 0 Å². The number of aryl methyl sites for hydroxylation is 4. The average molecular weight is 1380 g/mol. The second-order valence-corrected chi connectivity index (χ2v) is 33.2. The lowest BCUT2D eigenvalue weighted by Gasteiger charge is -2.24. The van der Waals surface area contributed by atoms with Crippen LogP contribution in [0.5, 0.6) is 11.5 Å². The molecule has 8 rings (SSSR count). The molecule has 2 aromatic carbocycles. The van der Waals surface area contributed by atoms with E-state index in [-0.39, 0.29) is 11.8 Å². The van der Waals surface area contributed by atoms with Crippen LogP contribution in [0.4, 0.5) is 0 Å². The van der Waals surface area contributed by atoms with E-state index in [1.165, 1.54) is 246 Å². The van der Waals surface area contributed by atoms with Crippen LogP contribution >= 0.6 is 45.3 Å². The Kier molecular flexibility index (Phi) is 35.6. The molecule has 0 saturated carbocycles. The molecule has 0 radical (unpaired) electrons. The molecule has 0 N–H and O–H groups in total. The van der Waals surface area contributed by atoms with Gasteiger partial charge in [0, 0.05) is 42.4 Å². The molecule has 0 bridgehead atoms. The van der Waals surface area contributed by atoms with Crippen molar-refractivity contribution in [3.63, 3.8) is 0 Å². The highest BCUT2D eigenvalue weighted by molar-refractivity contribution is 7.23. The van der Waals surface area contributed by atoms with E-state index in [2.05, 4.69) is 139 Å². The third-order valence-electron chi connectivity index (χ3n) is 20.2. The smallest absolute Gasteiger partial charge is 0.261 e. The summed E-state index contributed by atoms with van der Waals surface area (Å²) in [7, 11) is 0. The van der Waals surface area contributed by atoms with Crippen molar-refractivity contribution in [1.82, 2.24) is 9.80 Å². The number of hydrogen-bond acceptors (Lipinski definition) is 8. The zero-order chi connectivity index (χ0) is 67.4. The van der Waals surface area contributed by atoms with Gasteiger partial charge in [0.1, 0.15) is 11.5 Å². The molecular weight excluding hydrogens is 1250 g/mol. The fourth-order valence-corrected chi connectivity index (χ4v) is 18.4. The molecular formula is C86H124N2O4S4. The van der Waals surface area contributed by atoms with Crippen LogP contribution in [0.15, 0.2) is 108 Å². The van der Waals surface area contributed by atoms with Crippen molar-refractivity contribution in [2.75, 3.05) is 26.3 Å². The van der Waals surface area contributed by atoms with E-state index in [4.69, 9.17) is 9.47 Å². The molecule has 2 unspecified atom stereocenters. The van der Waals surface area contributed by atoms with E-state index in [0.717, 1.165) is 97.2 Å². The Labute approximate surface area is 599 Å². The lowest BCUT2D eigenvalue weighted by molar-refractivity contribution is -0.124. The second-order valence-electron chi connectivity index (χ2n) is 28.4. The SMILES string of the molecule is CCCCCCCCCCC(CCCCCCCC)COc1ccc(CCCCCN2C(=O)C3=C(c4ccc(-c5ccc(C)s5)s4)N(CCCCCc4ccc(OCC(CCCCCCCC)CCCCCCCCCC)cc4)C(=O)C3=C2c2ccc(-c3ccc(C)s3)s2)cc1. The van der Waals surface area contributed by atoms with Crippen LogP contribution in [0.2, 0.25) is 0 Å². The van der Waals surface area contributed by atoms with Gasteiger partial charge >= 0.3 is 0 Å². The Morgan fingerprint density at radius 1 is 0.312 bits per heavy atom. The van der Waals surface area contributed by atoms with Crippen LogP contribution in [0.1, 0.15) is 302 Å². The molecule has 526 valence electrons. The number of benzene rings is 2. The van der Waals surface area contributed by atoms with Crippen molar-refractivity contribution in [2.24, 2.45) is 11.8 Å². The van der Waals surface area contributed by atoms with Crippen molar-refractivity contribution >= 4 is 68.6 Å². The third-order valence-corrected chi connectivity index (χ3v) is 24.8. The number of carbonyl (C=O) groups excluding carboxylic acids is 2. The highest BCUT2D eigenvalue weighted by atomic mass is 32.1. The summed E-state index contributed by atoms with van der Waals surface area (Å²) in [6, 6.07) is 35.2. The Bertz CT molecular complexity index is 2980. The lowest BCUT2D eigenvalue weighted by Crippen LogP contribution is -2.30. The summed E-state index contributed by atoms with van der Waals surface area (Å²) in [5.74, 6) is 3.14. The van der Waals surface area contributed by atoms with Crippen molar-refractivity contribution in [2.45, 2.75) is 298 Å². The Morgan fingerprint density at radius 3 is 0.906 bits per heavy atom. The van der Waals surface area contributed by atoms with E-state index < -0.39 is 0 Å². The van der Waals surface area contributed by atoms with Gasteiger partial charge in [0.2, 0.25) is 0 Å². The molecule has 6 nitrogen and oxygen atoms in total. The van der Waals surface area contributed by atoms with E-state index in [1.807, 2.05) is 9.80 Å². The van der Waals surface area contributed by atoms with Gasteiger partial charge in [-0.25, -0.2) is 0 Å². The summed E-state index contributed by atoms with van der Waals surface area (Å²) in [4.78, 5) is 44.2. The zero-order valence-electron chi connectivity index (χ0n) is 60.7. The topological polar surface area (TPSA) is 59.1 Å². The van der Waals surface area contributed by atoms with Gasteiger partial charge in [0.15, 0.2) is 0 Å². The van der Waals surface area contributed by atoms with Gasteiger partial charge in [-0.05, 0) is 174 Å². The number of rotatable bonds is 54. The quantitative estimate of drug-likeness (QED) is 0.0357. The number of amides is 2. The van der Waals surface area contributed by atoms with Crippen LogP contribution < -0.4 is 9.47 Å². The molecule has 0 fully saturated rings. The first-order valence-corrected chi connectivity index (χ1v) is 42.3. The normalized spacial score (nSPS) is 13.9. The number of fused-ring (bicyclic) bond motifs is 1. The fraction of sp³-hybridized carbons (Fsp3) is 0.605. The molecule has 2 atom stereocenters. The maximum atomic E-state index is 15.5. The molecule has 10 heteroatoms. The zero-order valence-corrected chi connectivity index (χ0v) is 63.9. The summed E-state index contributed by atoms with van der Waals surface area (Å²) in [6.45, 7) is 16.3. The maximum Gasteiger partial charge on any atom is 0.261 e. The van der Waals surface area contributed by atoms with Crippen LogP contribution in [0.3, 0.4) is 0 Å².